The van der Waals surface area contributed by atoms with Gasteiger partial charge in [-0.05, 0) is 97.7 Å². The second-order valence-corrected chi connectivity index (χ2v) is 16.4. The molecule has 0 saturated heterocycles. The molecule has 4 aliphatic rings. The van der Waals surface area contributed by atoms with Gasteiger partial charge >= 0.3 is 0 Å². The van der Waals surface area contributed by atoms with Gasteiger partial charge in [-0.2, -0.15) is 0 Å². The number of allylic oxidation sites excluding steroid dienone is 1. The number of hydrogen-bond acceptors (Lipinski definition) is 2. The SMILES string of the molecule is COC(=C1C2CC3CC(C2)CC1C3)c1cc(O[Si](C)(C)C(C)(C)C)ccc1Br. The summed E-state index contributed by atoms with van der Waals surface area (Å²) in [5, 5.41) is 0.185. The van der Waals surface area contributed by atoms with Crippen molar-refractivity contribution in [1.29, 1.82) is 0 Å². The number of halogens is 1. The first-order valence-corrected chi connectivity index (χ1v) is 14.6. The lowest BCUT2D eigenvalue weighted by Gasteiger charge is -2.51. The molecule has 0 amide bonds. The third kappa shape index (κ3) is 3.60. The van der Waals surface area contributed by atoms with Crippen LogP contribution in [-0.2, 0) is 4.74 Å². The molecule has 154 valence electrons. The molecule has 0 unspecified atom stereocenters. The van der Waals surface area contributed by atoms with Crippen molar-refractivity contribution >= 4 is 30.0 Å². The van der Waals surface area contributed by atoms with Crippen molar-refractivity contribution in [3.63, 3.8) is 0 Å². The number of ether oxygens (including phenoxy) is 1. The highest BCUT2D eigenvalue weighted by Crippen LogP contribution is 2.58. The van der Waals surface area contributed by atoms with E-state index in [-0.39, 0.29) is 5.04 Å². The molecular weight excluding hydrogens is 428 g/mol. The van der Waals surface area contributed by atoms with Gasteiger partial charge in [0.1, 0.15) is 11.5 Å². The first-order valence-electron chi connectivity index (χ1n) is 10.9. The van der Waals surface area contributed by atoms with Crippen molar-refractivity contribution in [1.82, 2.24) is 0 Å². The van der Waals surface area contributed by atoms with Crippen LogP contribution >= 0.6 is 15.9 Å². The number of methoxy groups -OCH3 is 1. The molecule has 0 N–H and O–H groups in total. The number of hydrogen-bond donors (Lipinski definition) is 0. The molecule has 4 fully saturated rings. The van der Waals surface area contributed by atoms with Gasteiger partial charge in [0.15, 0.2) is 0 Å². The second-order valence-electron chi connectivity index (χ2n) is 10.8. The van der Waals surface area contributed by atoms with Crippen LogP contribution in [0, 0.1) is 23.7 Å². The Morgan fingerprint density at radius 2 is 1.57 bits per heavy atom. The Kier molecular flexibility index (Phi) is 5.27. The fraction of sp³-hybridized carbons (Fsp3) is 0.667. The van der Waals surface area contributed by atoms with Gasteiger partial charge in [-0.15, -0.1) is 0 Å². The summed E-state index contributed by atoms with van der Waals surface area (Å²) in [6, 6.07) is 6.44. The summed E-state index contributed by atoms with van der Waals surface area (Å²) in [6.45, 7) is 11.5. The van der Waals surface area contributed by atoms with E-state index in [0.717, 1.165) is 39.7 Å². The van der Waals surface area contributed by atoms with E-state index < -0.39 is 8.32 Å². The molecule has 4 heteroatoms. The fourth-order valence-electron chi connectivity index (χ4n) is 5.64. The standard InChI is InChI=1S/C24H35BrO2Si/c1-24(2,3)28(5,6)27-19-7-8-21(25)20(14-19)23(26-4)22-17-10-15-9-16(12-17)13-18(22)11-15/h7-8,14-18H,9-13H2,1-6H3. The molecule has 0 atom stereocenters. The summed E-state index contributed by atoms with van der Waals surface area (Å²) in [5.74, 6) is 5.46. The molecule has 1 aromatic carbocycles. The Labute approximate surface area is 180 Å². The lowest BCUT2D eigenvalue weighted by Crippen LogP contribution is -2.43. The zero-order valence-electron chi connectivity index (χ0n) is 18.3. The van der Waals surface area contributed by atoms with Crippen molar-refractivity contribution in [2.75, 3.05) is 7.11 Å². The minimum absolute atomic E-state index is 0.185. The zero-order valence-corrected chi connectivity index (χ0v) is 20.9. The van der Waals surface area contributed by atoms with Gasteiger partial charge in [-0.3, -0.25) is 0 Å². The smallest absolute Gasteiger partial charge is 0.250 e. The van der Waals surface area contributed by atoms with Crippen LogP contribution in [0.2, 0.25) is 18.1 Å². The largest absolute Gasteiger partial charge is 0.543 e. The van der Waals surface area contributed by atoms with E-state index in [4.69, 9.17) is 9.16 Å². The van der Waals surface area contributed by atoms with Crippen LogP contribution < -0.4 is 4.43 Å². The Bertz CT molecular complexity index is 760. The number of rotatable bonds is 4. The number of benzene rings is 1. The predicted octanol–water partition coefficient (Wildman–Crippen LogP) is 7.65. The molecule has 0 spiro atoms. The normalized spacial score (nSPS) is 29.2. The minimum atomic E-state index is -1.87. The van der Waals surface area contributed by atoms with Crippen molar-refractivity contribution in [2.24, 2.45) is 23.7 Å². The monoisotopic (exact) mass is 462 g/mol. The Balaban J connectivity index is 1.72. The summed E-state index contributed by atoms with van der Waals surface area (Å²) in [6.07, 6.45) is 6.95. The summed E-state index contributed by atoms with van der Waals surface area (Å²) in [4.78, 5) is 0. The molecule has 4 saturated carbocycles. The van der Waals surface area contributed by atoms with Crippen LogP contribution in [0.15, 0.2) is 28.2 Å². The maximum Gasteiger partial charge on any atom is 0.250 e. The topological polar surface area (TPSA) is 18.5 Å². The van der Waals surface area contributed by atoms with Gasteiger partial charge in [-0.25, -0.2) is 0 Å². The molecule has 4 aliphatic carbocycles. The summed E-state index contributed by atoms with van der Waals surface area (Å²) in [5.41, 5.74) is 2.76. The third-order valence-corrected chi connectivity index (χ3v) is 12.9. The van der Waals surface area contributed by atoms with Gasteiger partial charge in [0.25, 0.3) is 0 Å². The van der Waals surface area contributed by atoms with Crippen molar-refractivity contribution < 1.29 is 9.16 Å². The van der Waals surface area contributed by atoms with Gasteiger partial charge < -0.3 is 9.16 Å². The molecule has 0 aliphatic heterocycles. The minimum Gasteiger partial charge on any atom is -0.543 e. The second kappa shape index (κ2) is 7.19. The van der Waals surface area contributed by atoms with E-state index in [0.29, 0.717) is 0 Å². The molecular formula is C24H35BrO2Si. The average molecular weight is 464 g/mol. The maximum absolute atomic E-state index is 6.60. The van der Waals surface area contributed by atoms with Gasteiger partial charge in [0.05, 0.1) is 7.11 Å². The highest BCUT2D eigenvalue weighted by atomic mass is 79.9. The molecule has 5 rings (SSSR count). The molecule has 1 aromatic rings. The summed E-state index contributed by atoms with van der Waals surface area (Å²) >= 11 is 3.80. The van der Waals surface area contributed by atoms with E-state index in [1.807, 2.05) is 7.11 Å². The lowest BCUT2D eigenvalue weighted by atomic mass is 9.54. The van der Waals surface area contributed by atoms with E-state index in [2.05, 4.69) is 68.0 Å². The highest BCUT2D eigenvalue weighted by Gasteiger charge is 2.47. The Morgan fingerprint density at radius 3 is 2.07 bits per heavy atom. The van der Waals surface area contributed by atoms with Gasteiger partial charge in [0.2, 0.25) is 8.32 Å². The maximum atomic E-state index is 6.60. The summed E-state index contributed by atoms with van der Waals surface area (Å²) < 4.78 is 13.8. The molecule has 28 heavy (non-hydrogen) atoms. The van der Waals surface area contributed by atoms with Crippen molar-refractivity contribution in [3.8, 4) is 5.75 Å². The van der Waals surface area contributed by atoms with Crippen LogP contribution in [0.1, 0.15) is 58.4 Å². The zero-order chi connectivity index (χ0) is 20.3. The Hall–Kier alpha value is -0.743. The first-order chi connectivity index (χ1) is 13.1. The average Bonchev–Trinajstić information content (AvgIpc) is 2.58. The van der Waals surface area contributed by atoms with Crippen molar-refractivity contribution in [3.05, 3.63) is 33.8 Å². The van der Waals surface area contributed by atoms with Crippen LogP contribution in [0.25, 0.3) is 5.76 Å². The molecule has 0 aromatic heterocycles. The first kappa shape index (κ1) is 20.5. The highest BCUT2D eigenvalue weighted by molar-refractivity contribution is 9.10. The van der Waals surface area contributed by atoms with Crippen LogP contribution in [-0.4, -0.2) is 15.4 Å². The molecule has 2 nitrogen and oxygen atoms in total. The molecule has 0 heterocycles. The molecule has 4 bridgehead atoms. The van der Waals surface area contributed by atoms with Crippen LogP contribution in [0.5, 0.6) is 5.75 Å². The van der Waals surface area contributed by atoms with E-state index in [9.17, 15) is 0 Å². The van der Waals surface area contributed by atoms with Gasteiger partial charge in [-0.1, -0.05) is 36.7 Å². The van der Waals surface area contributed by atoms with Crippen LogP contribution in [0.3, 0.4) is 0 Å². The fourth-order valence-corrected chi connectivity index (χ4v) is 7.08. The Morgan fingerprint density at radius 1 is 1.00 bits per heavy atom. The van der Waals surface area contributed by atoms with E-state index in [1.54, 1.807) is 5.57 Å². The van der Waals surface area contributed by atoms with Gasteiger partial charge in [0, 0.05) is 10.0 Å². The van der Waals surface area contributed by atoms with E-state index in [1.165, 1.54) is 37.7 Å². The summed E-state index contributed by atoms with van der Waals surface area (Å²) in [7, 11) is -0.0203. The lowest BCUT2D eigenvalue weighted by molar-refractivity contribution is 0.0675. The third-order valence-electron chi connectivity index (χ3n) is 7.85. The van der Waals surface area contributed by atoms with Crippen molar-refractivity contribution in [2.45, 2.75) is 71.0 Å². The molecule has 0 radical (unpaired) electrons. The van der Waals surface area contributed by atoms with Crippen LogP contribution in [0.4, 0.5) is 0 Å². The predicted molar refractivity (Wildman–Crippen MR) is 123 cm³/mol. The van der Waals surface area contributed by atoms with E-state index >= 15 is 0 Å². The quantitative estimate of drug-likeness (QED) is 0.337.